The third-order valence-corrected chi connectivity index (χ3v) is 3.80. The fourth-order valence-electron chi connectivity index (χ4n) is 1.63. The van der Waals surface area contributed by atoms with Crippen LogP contribution in [-0.2, 0) is 5.75 Å². The van der Waals surface area contributed by atoms with Crippen molar-refractivity contribution in [3.8, 4) is 0 Å². The van der Waals surface area contributed by atoms with E-state index in [0.29, 0.717) is 30.4 Å². The van der Waals surface area contributed by atoms with E-state index in [4.69, 9.17) is 9.52 Å². The number of carbonyl (C=O) groups excluding carboxylic acids is 1. The van der Waals surface area contributed by atoms with Gasteiger partial charge in [0.1, 0.15) is 5.76 Å². The molecule has 1 amide bonds. The molecule has 0 aromatic carbocycles. The monoisotopic (exact) mass is 307 g/mol. The Kier molecular flexibility index (Phi) is 6.48. The minimum absolute atomic E-state index is 0.0205. The average molecular weight is 307 g/mol. The smallest absolute Gasteiger partial charge is 0.287 e. The lowest BCUT2D eigenvalue weighted by Crippen LogP contribution is -2.46. The first-order valence-corrected chi connectivity index (χ1v) is 7.37. The summed E-state index contributed by atoms with van der Waals surface area (Å²) in [5.41, 5.74) is -0.517. The standard InChI is InChI=1S/C13H19F2NO3S/c1-3-13(2,6-7-17)16-11(18)10-5-4-9(19-10)8-20-12(14)15/h4-5,12,17H,3,6-8H2,1-2H3,(H,16,18). The van der Waals surface area contributed by atoms with Crippen LogP contribution in [0.2, 0.25) is 0 Å². The summed E-state index contributed by atoms with van der Waals surface area (Å²) in [5.74, 6) is -2.43. The van der Waals surface area contributed by atoms with Crippen LogP contribution in [0.15, 0.2) is 16.5 Å². The van der Waals surface area contributed by atoms with Gasteiger partial charge in [-0.1, -0.05) is 18.7 Å². The summed E-state index contributed by atoms with van der Waals surface area (Å²) >= 11 is 0.443. The maximum atomic E-state index is 12.1. The molecule has 0 saturated heterocycles. The van der Waals surface area contributed by atoms with Gasteiger partial charge >= 0.3 is 0 Å². The highest BCUT2D eigenvalue weighted by Crippen LogP contribution is 2.22. The van der Waals surface area contributed by atoms with Crippen LogP contribution in [0.5, 0.6) is 0 Å². The third-order valence-electron chi connectivity index (χ3n) is 3.10. The van der Waals surface area contributed by atoms with Gasteiger partial charge in [-0.3, -0.25) is 4.79 Å². The highest BCUT2D eigenvalue weighted by Gasteiger charge is 2.25. The Morgan fingerprint density at radius 3 is 2.80 bits per heavy atom. The van der Waals surface area contributed by atoms with E-state index in [-0.39, 0.29) is 18.1 Å². The quantitative estimate of drug-likeness (QED) is 0.775. The molecule has 0 radical (unpaired) electrons. The summed E-state index contributed by atoms with van der Waals surface area (Å²) in [7, 11) is 0. The highest BCUT2D eigenvalue weighted by molar-refractivity contribution is 7.98. The van der Waals surface area contributed by atoms with Crippen LogP contribution in [0.3, 0.4) is 0 Å². The molecule has 0 aliphatic rings. The molecule has 0 fully saturated rings. The molecule has 20 heavy (non-hydrogen) atoms. The SMILES string of the molecule is CCC(C)(CCO)NC(=O)c1ccc(CSC(F)F)o1. The second-order valence-electron chi connectivity index (χ2n) is 4.68. The molecule has 1 unspecified atom stereocenters. The number of furan rings is 1. The second-order valence-corrected chi connectivity index (χ2v) is 5.66. The third kappa shape index (κ3) is 5.13. The molecule has 1 atom stereocenters. The lowest BCUT2D eigenvalue weighted by molar-refractivity contribution is 0.0856. The molecule has 1 aromatic heterocycles. The first-order valence-electron chi connectivity index (χ1n) is 6.32. The maximum absolute atomic E-state index is 12.1. The van der Waals surface area contributed by atoms with Gasteiger partial charge in [0, 0.05) is 12.1 Å². The molecular weight excluding hydrogens is 288 g/mol. The minimum Gasteiger partial charge on any atom is -0.455 e. The summed E-state index contributed by atoms with van der Waals surface area (Å²) in [4.78, 5) is 12.0. The van der Waals surface area contributed by atoms with Crippen molar-refractivity contribution >= 4 is 17.7 Å². The van der Waals surface area contributed by atoms with Gasteiger partial charge in [0.05, 0.1) is 5.75 Å². The molecule has 0 aliphatic heterocycles. The number of nitrogens with one attached hydrogen (secondary N) is 1. The predicted molar refractivity (Wildman–Crippen MR) is 73.9 cm³/mol. The van der Waals surface area contributed by atoms with E-state index in [2.05, 4.69) is 5.32 Å². The van der Waals surface area contributed by atoms with E-state index in [9.17, 15) is 13.6 Å². The van der Waals surface area contributed by atoms with Gasteiger partial charge in [0.2, 0.25) is 0 Å². The van der Waals surface area contributed by atoms with Crippen LogP contribution in [0.25, 0.3) is 0 Å². The molecule has 2 N–H and O–H groups in total. The topological polar surface area (TPSA) is 62.5 Å². The van der Waals surface area contributed by atoms with Crippen LogP contribution in [0.1, 0.15) is 43.0 Å². The molecule has 0 saturated carbocycles. The molecule has 1 aromatic rings. The second kappa shape index (κ2) is 7.64. The number of hydrogen-bond donors (Lipinski definition) is 2. The zero-order valence-electron chi connectivity index (χ0n) is 11.5. The van der Waals surface area contributed by atoms with E-state index in [1.165, 1.54) is 12.1 Å². The first-order chi connectivity index (χ1) is 9.40. The Bertz CT molecular complexity index is 439. The summed E-state index contributed by atoms with van der Waals surface area (Å²) in [6, 6.07) is 2.98. The van der Waals surface area contributed by atoms with Gasteiger partial charge in [0.15, 0.2) is 5.76 Å². The van der Waals surface area contributed by atoms with Crippen molar-refractivity contribution in [3.63, 3.8) is 0 Å². The summed E-state index contributed by atoms with van der Waals surface area (Å²) in [5, 5.41) is 11.8. The van der Waals surface area contributed by atoms with E-state index in [1.54, 1.807) is 0 Å². The van der Waals surface area contributed by atoms with Crippen molar-refractivity contribution in [1.29, 1.82) is 0 Å². The molecule has 0 aliphatic carbocycles. The van der Waals surface area contributed by atoms with Gasteiger partial charge in [-0.25, -0.2) is 0 Å². The number of amides is 1. The molecule has 7 heteroatoms. The number of aliphatic hydroxyl groups excluding tert-OH is 1. The number of thioether (sulfide) groups is 1. The lowest BCUT2D eigenvalue weighted by atomic mass is 9.95. The van der Waals surface area contributed by atoms with E-state index >= 15 is 0 Å². The largest absolute Gasteiger partial charge is 0.455 e. The molecular formula is C13H19F2NO3S. The lowest BCUT2D eigenvalue weighted by Gasteiger charge is -2.28. The fourth-order valence-corrected chi connectivity index (χ4v) is 2.08. The van der Waals surface area contributed by atoms with Gasteiger partial charge in [-0.2, -0.15) is 8.78 Å². The Labute approximate surface area is 120 Å². The summed E-state index contributed by atoms with van der Waals surface area (Å²) in [6.07, 6.45) is 1.10. The number of rotatable bonds is 8. The van der Waals surface area contributed by atoms with E-state index in [0.717, 1.165) is 0 Å². The van der Waals surface area contributed by atoms with Crippen LogP contribution in [0.4, 0.5) is 8.78 Å². The highest BCUT2D eigenvalue weighted by atomic mass is 32.2. The Morgan fingerprint density at radius 1 is 1.55 bits per heavy atom. The first kappa shape index (κ1) is 17.0. The number of carbonyl (C=O) groups is 1. The molecule has 1 heterocycles. The van der Waals surface area contributed by atoms with Crippen LogP contribution in [0, 0.1) is 0 Å². The molecule has 114 valence electrons. The normalized spacial score (nSPS) is 14.3. The zero-order valence-corrected chi connectivity index (χ0v) is 12.3. The Morgan fingerprint density at radius 2 is 2.25 bits per heavy atom. The fraction of sp³-hybridized carbons (Fsp3) is 0.615. The van der Waals surface area contributed by atoms with Gasteiger partial charge in [-0.05, 0) is 31.9 Å². The van der Waals surface area contributed by atoms with Crippen LogP contribution >= 0.6 is 11.8 Å². The van der Waals surface area contributed by atoms with Crippen molar-refractivity contribution in [2.24, 2.45) is 0 Å². The molecule has 0 spiro atoms. The predicted octanol–water partition coefficient (Wildman–Crippen LogP) is 3.02. The Balaban J connectivity index is 2.63. The zero-order chi connectivity index (χ0) is 15.2. The average Bonchev–Trinajstić information content (AvgIpc) is 2.85. The van der Waals surface area contributed by atoms with Crippen molar-refractivity contribution in [2.75, 3.05) is 6.61 Å². The van der Waals surface area contributed by atoms with Crippen molar-refractivity contribution in [1.82, 2.24) is 5.32 Å². The van der Waals surface area contributed by atoms with Gasteiger partial charge in [-0.15, -0.1) is 0 Å². The molecule has 4 nitrogen and oxygen atoms in total. The van der Waals surface area contributed by atoms with E-state index in [1.807, 2.05) is 13.8 Å². The minimum atomic E-state index is -2.47. The molecule has 1 rings (SSSR count). The van der Waals surface area contributed by atoms with Gasteiger partial charge < -0.3 is 14.8 Å². The van der Waals surface area contributed by atoms with Crippen LogP contribution < -0.4 is 5.32 Å². The van der Waals surface area contributed by atoms with Crippen LogP contribution in [-0.4, -0.2) is 28.9 Å². The summed E-state index contributed by atoms with van der Waals surface area (Å²) < 4.78 is 29.3. The number of alkyl halides is 2. The number of aliphatic hydroxyl groups is 1. The number of hydrogen-bond acceptors (Lipinski definition) is 4. The van der Waals surface area contributed by atoms with Crippen molar-refractivity contribution in [3.05, 3.63) is 23.7 Å². The van der Waals surface area contributed by atoms with E-state index < -0.39 is 17.2 Å². The number of halogens is 2. The maximum Gasteiger partial charge on any atom is 0.287 e. The van der Waals surface area contributed by atoms with Crippen molar-refractivity contribution < 1.29 is 23.1 Å². The molecule has 0 bridgehead atoms. The summed E-state index contributed by atoms with van der Waals surface area (Å²) in [6.45, 7) is 3.71. The van der Waals surface area contributed by atoms with Gasteiger partial charge in [0.25, 0.3) is 11.7 Å². The Hall–Kier alpha value is -1.08. The van der Waals surface area contributed by atoms with Crippen molar-refractivity contribution in [2.45, 2.75) is 43.7 Å².